The summed E-state index contributed by atoms with van der Waals surface area (Å²) in [5.74, 6) is -0.0804. The second-order valence-electron chi connectivity index (χ2n) is 4.67. The van der Waals surface area contributed by atoms with Crippen molar-refractivity contribution in [2.45, 2.75) is 43.4 Å². The quantitative estimate of drug-likeness (QED) is 0.608. The van der Waals surface area contributed by atoms with Gasteiger partial charge in [0.1, 0.15) is 5.60 Å². The van der Waals surface area contributed by atoms with Crippen molar-refractivity contribution in [2.75, 3.05) is 6.54 Å². The van der Waals surface area contributed by atoms with E-state index in [1.807, 2.05) is 6.08 Å². The number of hydrogen-bond acceptors (Lipinski definition) is 3. The van der Waals surface area contributed by atoms with E-state index in [2.05, 4.69) is 4.90 Å². The lowest BCUT2D eigenvalue weighted by Gasteiger charge is -2.35. The largest absolute Gasteiger partial charge is 0.380 e. The van der Waals surface area contributed by atoms with E-state index in [0.29, 0.717) is 12.5 Å². The summed E-state index contributed by atoms with van der Waals surface area (Å²) < 4.78 is 0. The van der Waals surface area contributed by atoms with Crippen LogP contribution in [0.15, 0.2) is 12.2 Å². The third-order valence-corrected chi connectivity index (χ3v) is 3.94. The van der Waals surface area contributed by atoms with Crippen LogP contribution in [0, 0.1) is 0 Å². The molecule has 3 atom stereocenters. The fourth-order valence-corrected chi connectivity index (χ4v) is 3.22. The molecule has 0 radical (unpaired) electrons. The highest BCUT2D eigenvalue weighted by Gasteiger charge is 2.56. The normalized spacial score (nSPS) is 46.8. The first-order valence-corrected chi connectivity index (χ1v) is 5.42. The van der Waals surface area contributed by atoms with Crippen LogP contribution in [0.5, 0.6) is 0 Å². The van der Waals surface area contributed by atoms with E-state index in [1.165, 1.54) is 6.42 Å². The van der Waals surface area contributed by atoms with Gasteiger partial charge in [-0.1, -0.05) is 12.5 Å². The summed E-state index contributed by atoms with van der Waals surface area (Å²) in [7, 11) is 0. The molecule has 0 aromatic carbocycles. The number of nitrogens with zero attached hydrogens (tertiary/aromatic N) is 1. The van der Waals surface area contributed by atoms with Crippen molar-refractivity contribution in [1.82, 2.24) is 4.90 Å². The Hall–Kier alpha value is -0.670. The zero-order chi connectivity index (χ0) is 9.76. The summed E-state index contributed by atoms with van der Waals surface area (Å²) in [5, 5.41) is 10.3. The van der Waals surface area contributed by atoms with Crippen LogP contribution in [-0.2, 0) is 4.79 Å². The molecular weight excluding hydrogens is 178 g/mol. The van der Waals surface area contributed by atoms with Gasteiger partial charge < -0.3 is 5.11 Å². The molecule has 1 aliphatic carbocycles. The first-order chi connectivity index (χ1) is 6.72. The maximum atomic E-state index is 11.7. The van der Waals surface area contributed by atoms with Crippen molar-refractivity contribution in [3.05, 3.63) is 12.2 Å². The number of carbonyl (C=O) groups is 1. The molecular formula is C11H15NO2. The Bertz CT molecular complexity index is 312. The second kappa shape index (κ2) is 2.67. The Morgan fingerprint density at radius 2 is 2.36 bits per heavy atom. The molecule has 2 fully saturated rings. The van der Waals surface area contributed by atoms with Gasteiger partial charge in [0.2, 0.25) is 0 Å². The molecule has 0 unspecified atom stereocenters. The van der Waals surface area contributed by atoms with Gasteiger partial charge in [-0.2, -0.15) is 0 Å². The molecule has 3 nitrogen and oxygen atoms in total. The van der Waals surface area contributed by atoms with Crippen molar-refractivity contribution in [3.63, 3.8) is 0 Å². The maximum Gasteiger partial charge on any atom is 0.188 e. The van der Waals surface area contributed by atoms with Crippen LogP contribution in [0.4, 0.5) is 0 Å². The number of rotatable bonds is 0. The number of ketones is 1. The molecule has 3 rings (SSSR count). The lowest BCUT2D eigenvalue weighted by Crippen LogP contribution is -2.51. The van der Waals surface area contributed by atoms with Crippen molar-refractivity contribution in [1.29, 1.82) is 0 Å². The number of fused-ring (bicyclic) bond motifs is 5. The Morgan fingerprint density at radius 3 is 3.21 bits per heavy atom. The van der Waals surface area contributed by atoms with Gasteiger partial charge in [-0.15, -0.1) is 0 Å². The van der Waals surface area contributed by atoms with Crippen molar-refractivity contribution in [3.8, 4) is 0 Å². The molecule has 0 saturated carbocycles. The standard InChI is InChI=1S/C11H15NO2/c13-10-5-4-8-7-11(10,14)9-3-1-2-6-12(8)9/h4-5,8-9,14H,1-3,6-7H2/t8-,9+,11-/m1/s1. The molecule has 2 saturated heterocycles. The van der Waals surface area contributed by atoms with E-state index in [0.717, 1.165) is 19.4 Å². The first-order valence-electron chi connectivity index (χ1n) is 5.42. The summed E-state index contributed by atoms with van der Waals surface area (Å²) in [6, 6.07) is 0.395. The molecule has 76 valence electrons. The van der Waals surface area contributed by atoms with Crippen LogP contribution < -0.4 is 0 Å². The van der Waals surface area contributed by atoms with Crippen LogP contribution in [0.2, 0.25) is 0 Å². The van der Waals surface area contributed by atoms with E-state index in [-0.39, 0.29) is 11.8 Å². The number of aliphatic hydroxyl groups is 1. The predicted molar refractivity (Wildman–Crippen MR) is 51.8 cm³/mol. The molecule has 3 heteroatoms. The minimum Gasteiger partial charge on any atom is -0.380 e. The van der Waals surface area contributed by atoms with Crippen molar-refractivity contribution < 1.29 is 9.90 Å². The minimum atomic E-state index is -1.06. The van der Waals surface area contributed by atoms with Gasteiger partial charge in [-0.25, -0.2) is 0 Å². The van der Waals surface area contributed by atoms with Crippen molar-refractivity contribution in [2.24, 2.45) is 0 Å². The summed E-state index contributed by atoms with van der Waals surface area (Å²) in [6.07, 6.45) is 7.47. The number of hydrogen-bond donors (Lipinski definition) is 1. The molecule has 3 aliphatic rings. The van der Waals surface area contributed by atoms with Crippen LogP contribution >= 0.6 is 0 Å². The van der Waals surface area contributed by atoms with Gasteiger partial charge in [0.05, 0.1) is 0 Å². The molecule has 0 spiro atoms. The average Bonchev–Trinajstić information content (AvgIpc) is 2.46. The zero-order valence-corrected chi connectivity index (χ0v) is 8.15. The third kappa shape index (κ3) is 0.916. The molecule has 2 aliphatic heterocycles. The summed E-state index contributed by atoms with van der Waals surface area (Å²) >= 11 is 0. The molecule has 2 bridgehead atoms. The Morgan fingerprint density at radius 1 is 1.50 bits per heavy atom. The third-order valence-electron chi connectivity index (χ3n) is 3.94. The fraction of sp³-hybridized carbons (Fsp3) is 0.727. The van der Waals surface area contributed by atoms with E-state index in [1.54, 1.807) is 6.08 Å². The number of piperidine rings is 1. The molecule has 0 amide bonds. The molecule has 0 aromatic heterocycles. The summed E-state index contributed by atoms with van der Waals surface area (Å²) in [6.45, 7) is 1.04. The lowest BCUT2D eigenvalue weighted by atomic mass is 9.83. The SMILES string of the molecule is O=C1C=C[C@@H]2C[C@@]1(O)[C@@H]1CCCCN21. The number of carbonyl (C=O) groups excluding carboxylic acids is 1. The Labute approximate surface area is 83.4 Å². The monoisotopic (exact) mass is 193 g/mol. The molecule has 14 heavy (non-hydrogen) atoms. The van der Waals surface area contributed by atoms with E-state index in [9.17, 15) is 9.90 Å². The van der Waals surface area contributed by atoms with Crippen LogP contribution in [0.25, 0.3) is 0 Å². The van der Waals surface area contributed by atoms with Gasteiger partial charge in [-0.3, -0.25) is 9.69 Å². The fourth-order valence-electron chi connectivity index (χ4n) is 3.22. The highest BCUT2D eigenvalue weighted by atomic mass is 16.3. The summed E-state index contributed by atoms with van der Waals surface area (Å²) in [5.41, 5.74) is -1.06. The molecule has 2 heterocycles. The Kier molecular flexibility index (Phi) is 1.65. The van der Waals surface area contributed by atoms with Crippen LogP contribution in [0.3, 0.4) is 0 Å². The first kappa shape index (κ1) is 8.62. The second-order valence-corrected chi connectivity index (χ2v) is 4.67. The minimum absolute atomic E-state index is 0.0804. The Balaban J connectivity index is 2.02. The van der Waals surface area contributed by atoms with Gasteiger partial charge in [0.25, 0.3) is 0 Å². The molecule has 0 aromatic rings. The van der Waals surface area contributed by atoms with Crippen LogP contribution in [-0.4, -0.2) is 40.0 Å². The van der Waals surface area contributed by atoms with Gasteiger partial charge in [0, 0.05) is 18.5 Å². The van der Waals surface area contributed by atoms with E-state index in [4.69, 9.17) is 0 Å². The average molecular weight is 193 g/mol. The van der Waals surface area contributed by atoms with E-state index >= 15 is 0 Å². The maximum absolute atomic E-state index is 11.7. The lowest BCUT2D eigenvalue weighted by molar-refractivity contribution is -0.135. The van der Waals surface area contributed by atoms with Crippen molar-refractivity contribution >= 4 is 5.78 Å². The smallest absolute Gasteiger partial charge is 0.188 e. The van der Waals surface area contributed by atoms with Gasteiger partial charge in [0.15, 0.2) is 5.78 Å². The van der Waals surface area contributed by atoms with Gasteiger partial charge in [-0.05, 0) is 25.5 Å². The highest BCUT2D eigenvalue weighted by molar-refractivity contribution is 5.99. The molecule has 1 N–H and O–H groups in total. The predicted octanol–water partition coefficient (Wildman–Crippen LogP) is 0.483. The topological polar surface area (TPSA) is 40.5 Å². The van der Waals surface area contributed by atoms with Gasteiger partial charge >= 0.3 is 0 Å². The van der Waals surface area contributed by atoms with Crippen LogP contribution in [0.1, 0.15) is 25.7 Å². The summed E-state index contributed by atoms with van der Waals surface area (Å²) in [4.78, 5) is 14.0. The highest BCUT2D eigenvalue weighted by Crippen LogP contribution is 2.42. The van der Waals surface area contributed by atoms with E-state index < -0.39 is 5.60 Å². The zero-order valence-electron chi connectivity index (χ0n) is 8.15.